The van der Waals surface area contributed by atoms with Gasteiger partial charge in [0.05, 0.1) is 10.9 Å². The number of aromatic amines is 1. The predicted molar refractivity (Wildman–Crippen MR) is 104 cm³/mol. The quantitative estimate of drug-likeness (QED) is 0.517. The minimum atomic E-state index is -0.409. The zero-order valence-corrected chi connectivity index (χ0v) is 14.8. The summed E-state index contributed by atoms with van der Waals surface area (Å²) in [4.78, 5) is 16.0. The molecule has 0 saturated carbocycles. The molecule has 0 bridgehead atoms. The maximum absolute atomic E-state index is 14.3. The molecular weight excluding hydrogens is 371 g/mol. The summed E-state index contributed by atoms with van der Waals surface area (Å²) in [5.74, 6) is -0.409. The van der Waals surface area contributed by atoms with Gasteiger partial charge in [-0.25, -0.2) is 9.07 Å². The number of pyridine rings is 1. The third-order valence-electron chi connectivity index (χ3n) is 3.95. The number of nitrogens with one attached hydrogen (secondary N) is 1. The highest BCUT2D eigenvalue weighted by Crippen LogP contribution is 2.29. The molecule has 2 heterocycles. The molecule has 0 fully saturated rings. The van der Waals surface area contributed by atoms with Crippen molar-refractivity contribution in [1.29, 1.82) is 0 Å². The van der Waals surface area contributed by atoms with E-state index >= 15 is 0 Å². The van der Waals surface area contributed by atoms with Crippen LogP contribution in [-0.2, 0) is 0 Å². The Hall–Kier alpha value is -2.98. The summed E-state index contributed by atoms with van der Waals surface area (Å²) in [6.07, 6.45) is 1.53. The molecule has 0 radical (unpaired) electrons. The van der Waals surface area contributed by atoms with E-state index in [1.807, 2.05) is 24.3 Å². The van der Waals surface area contributed by atoms with Gasteiger partial charge in [-0.05, 0) is 42.3 Å². The molecule has 4 rings (SSSR count). The Morgan fingerprint density at radius 2 is 1.74 bits per heavy atom. The van der Waals surface area contributed by atoms with Crippen LogP contribution in [0.4, 0.5) is 4.39 Å². The van der Waals surface area contributed by atoms with Crippen molar-refractivity contribution in [2.45, 2.75) is 4.90 Å². The molecule has 7 nitrogen and oxygen atoms in total. The standard InChI is InChI=1S/C18H13FN4OS.2H2O/c19-13-3-1-2-4-14(13)23-15-9-10-21-18(24)16(15)17(22-23)11-5-7-12(25-20)8-6-11;;/h1-10H,20H2,(H,21,24);2*1H2. The van der Waals surface area contributed by atoms with Crippen LogP contribution in [0.3, 0.4) is 0 Å². The van der Waals surface area contributed by atoms with Crippen molar-refractivity contribution in [3.8, 4) is 16.9 Å². The SMILES string of the molecule is NSc1ccc(-c2nn(-c3ccccc3F)c3cc[nH]c(=O)c23)cc1.O.O. The molecule has 0 aliphatic carbocycles. The number of halogens is 1. The van der Waals surface area contributed by atoms with Crippen LogP contribution in [0.25, 0.3) is 27.8 Å². The van der Waals surface area contributed by atoms with E-state index in [1.165, 1.54) is 16.9 Å². The van der Waals surface area contributed by atoms with Crippen LogP contribution in [0.15, 0.2) is 70.5 Å². The number of nitrogens with zero attached hydrogens (tertiary/aromatic N) is 2. The monoisotopic (exact) mass is 388 g/mol. The van der Waals surface area contributed by atoms with Gasteiger partial charge in [0.15, 0.2) is 0 Å². The summed E-state index contributed by atoms with van der Waals surface area (Å²) >= 11 is 1.14. The minimum Gasteiger partial charge on any atom is -0.412 e. The Morgan fingerprint density at radius 1 is 1.04 bits per heavy atom. The predicted octanol–water partition coefficient (Wildman–Crippen LogP) is 1.84. The lowest BCUT2D eigenvalue weighted by Gasteiger charge is -2.04. The number of hydrogen-bond donors (Lipinski definition) is 2. The van der Waals surface area contributed by atoms with Crippen molar-refractivity contribution in [2.24, 2.45) is 5.14 Å². The van der Waals surface area contributed by atoms with Crippen molar-refractivity contribution in [3.63, 3.8) is 0 Å². The Labute approximate surface area is 157 Å². The molecule has 0 aliphatic heterocycles. The maximum atomic E-state index is 14.3. The fraction of sp³-hybridized carbons (Fsp3) is 0. The van der Waals surface area contributed by atoms with Gasteiger partial charge < -0.3 is 15.9 Å². The Bertz CT molecular complexity index is 1130. The van der Waals surface area contributed by atoms with Gasteiger partial charge in [-0.1, -0.05) is 24.3 Å². The summed E-state index contributed by atoms with van der Waals surface area (Å²) in [7, 11) is 0. The van der Waals surface area contributed by atoms with E-state index < -0.39 is 5.82 Å². The summed E-state index contributed by atoms with van der Waals surface area (Å²) in [5.41, 5.74) is 1.82. The lowest BCUT2D eigenvalue weighted by Crippen LogP contribution is -2.05. The van der Waals surface area contributed by atoms with Crippen molar-refractivity contribution >= 4 is 22.9 Å². The highest BCUT2D eigenvalue weighted by atomic mass is 32.2. The Morgan fingerprint density at radius 3 is 2.41 bits per heavy atom. The van der Waals surface area contributed by atoms with Crippen molar-refractivity contribution < 1.29 is 15.3 Å². The van der Waals surface area contributed by atoms with Gasteiger partial charge >= 0.3 is 0 Å². The van der Waals surface area contributed by atoms with Crippen molar-refractivity contribution in [1.82, 2.24) is 14.8 Å². The van der Waals surface area contributed by atoms with E-state index in [9.17, 15) is 9.18 Å². The molecular formula is C18H17FN4O3S. The molecule has 0 saturated heterocycles. The van der Waals surface area contributed by atoms with Crippen molar-refractivity contribution in [3.05, 3.63) is 77.0 Å². The number of rotatable bonds is 3. The number of benzene rings is 2. The number of aromatic nitrogens is 3. The fourth-order valence-electron chi connectivity index (χ4n) is 2.78. The summed E-state index contributed by atoms with van der Waals surface area (Å²) in [6.45, 7) is 0. The highest BCUT2D eigenvalue weighted by Gasteiger charge is 2.18. The molecule has 0 amide bonds. The average Bonchev–Trinajstić information content (AvgIpc) is 3.03. The highest BCUT2D eigenvalue weighted by molar-refractivity contribution is 7.97. The van der Waals surface area contributed by atoms with Gasteiger partial charge in [-0.3, -0.25) is 9.93 Å². The van der Waals surface area contributed by atoms with Gasteiger partial charge in [0, 0.05) is 16.7 Å². The summed E-state index contributed by atoms with van der Waals surface area (Å²) < 4.78 is 15.7. The van der Waals surface area contributed by atoms with Crippen LogP contribution in [0, 0.1) is 5.82 Å². The van der Waals surface area contributed by atoms with E-state index in [-0.39, 0.29) is 16.5 Å². The van der Waals surface area contributed by atoms with E-state index in [1.54, 1.807) is 24.3 Å². The van der Waals surface area contributed by atoms with Gasteiger partial charge in [-0.2, -0.15) is 5.10 Å². The topological polar surface area (TPSA) is 140 Å². The molecule has 0 aliphatic rings. The zero-order chi connectivity index (χ0) is 17.4. The number of nitrogens with two attached hydrogens (primary N) is 1. The van der Waals surface area contributed by atoms with Gasteiger partial charge in [-0.15, -0.1) is 0 Å². The van der Waals surface area contributed by atoms with Gasteiger partial charge in [0.2, 0.25) is 0 Å². The molecule has 2 aromatic heterocycles. The summed E-state index contributed by atoms with van der Waals surface area (Å²) in [6, 6.07) is 15.4. The van der Waals surface area contributed by atoms with E-state index in [0.29, 0.717) is 22.3 Å². The van der Waals surface area contributed by atoms with Crippen LogP contribution in [0.5, 0.6) is 0 Å². The number of fused-ring (bicyclic) bond motifs is 1. The van der Waals surface area contributed by atoms with Crippen LogP contribution >= 0.6 is 11.9 Å². The van der Waals surface area contributed by atoms with Crippen LogP contribution in [0.1, 0.15) is 0 Å². The molecule has 0 atom stereocenters. The van der Waals surface area contributed by atoms with Crippen LogP contribution < -0.4 is 10.7 Å². The average molecular weight is 388 g/mol. The van der Waals surface area contributed by atoms with E-state index in [4.69, 9.17) is 5.14 Å². The molecule has 4 aromatic rings. The third-order valence-corrected chi connectivity index (χ3v) is 4.49. The first kappa shape index (κ1) is 20.3. The lowest BCUT2D eigenvalue weighted by atomic mass is 10.1. The summed E-state index contributed by atoms with van der Waals surface area (Å²) in [5, 5.41) is 10.5. The van der Waals surface area contributed by atoms with Gasteiger partial charge in [0.25, 0.3) is 5.56 Å². The lowest BCUT2D eigenvalue weighted by molar-refractivity contribution is 0.613. The Kier molecular flexibility index (Phi) is 6.13. The molecule has 2 aromatic carbocycles. The number of H-pyrrole nitrogens is 1. The first-order valence-electron chi connectivity index (χ1n) is 7.51. The van der Waals surface area contributed by atoms with Crippen molar-refractivity contribution in [2.75, 3.05) is 0 Å². The van der Waals surface area contributed by atoms with Crippen LogP contribution in [0.2, 0.25) is 0 Å². The first-order valence-corrected chi connectivity index (χ1v) is 8.39. The van der Waals surface area contributed by atoms with E-state index in [2.05, 4.69) is 10.1 Å². The molecule has 0 spiro atoms. The smallest absolute Gasteiger partial charge is 0.259 e. The number of hydrogen-bond acceptors (Lipinski definition) is 4. The second-order valence-corrected chi connectivity index (χ2v) is 6.13. The molecule has 140 valence electrons. The zero-order valence-electron chi connectivity index (χ0n) is 13.9. The fourth-order valence-corrected chi connectivity index (χ4v) is 3.07. The molecule has 7 N–H and O–H groups in total. The van der Waals surface area contributed by atoms with E-state index in [0.717, 1.165) is 22.4 Å². The molecule has 27 heavy (non-hydrogen) atoms. The molecule has 9 heteroatoms. The Balaban J connectivity index is 0.00000131. The number of para-hydroxylation sites is 1. The third kappa shape index (κ3) is 3.49. The second-order valence-electron chi connectivity index (χ2n) is 5.42. The minimum absolute atomic E-state index is 0. The van der Waals surface area contributed by atoms with Crippen LogP contribution in [-0.4, -0.2) is 25.7 Å². The normalized spacial score (nSPS) is 10.3. The largest absolute Gasteiger partial charge is 0.412 e. The van der Waals surface area contributed by atoms with Gasteiger partial charge in [0.1, 0.15) is 17.2 Å². The maximum Gasteiger partial charge on any atom is 0.259 e. The first-order chi connectivity index (χ1) is 12.2. The molecule has 0 unspecified atom stereocenters. The second kappa shape index (κ2) is 8.14.